The lowest BCUT2D eigenvalue weighted by molar-refractivity contribution is -0.129. The van der Waals surface area contributed by atoms with Crippen molar-refractivity contribution in [3.63, 3.8) is 0 Å². The molecule has 9 nitrogen and oxygen atoms in total. The largest absolute Gasteiger partial charge is 0.343 e. The van der Waals surface area contributed by atoms with Gasteiger partial charge in [-0.15, -0.1) is 0 Å². The van der Waals surface area contributed by atoms with Gasteiger partial charge in [0.15, 0.2) is 5.13 Å². The fourth-order valence-corrected chi connectivity index (χ4v) is 5.23. The molecule has 0 unspecified atom stereocenters. The highest BCUT2D eigenvalue weighted by Crippen LogP contribution is 2.31. The second kappa shape index (κ2) is 9.21. The number of benzene rings is 2. The molecule has 4 aromatic rings. The lowest BCUT2D eigenvalue weighted by Crippen LogP contribution is -2.40. The second-order valence-corrected chi connectivity index (χ2v) is 9.72. The fraction of sp³-hybridized carbons (Fsp3) is 0.304. The van der Waals surface area contributed by atoms with Gasteiger partial charge in [-0.3, -0.25) is 9.59 Å². The van der Waals surface area contributed by atoms with Crippen LogP contribution < -0.4 is 16.0 Å². The number of carbonyl (C=O) groups is 2. The first kappa shape index (κ1) is 22.6. The van der Waals surface area contributed by atoms with Gasteiger partial charge in [-0.05, 0) is 49.9 Å². The molecule has 2 amide bonds. The monoisotopic (exact) mass is 497 g/mol. The zero-order valence-electron chi connectivity index (χ0n) is 18.8. The van der Waals surface area contributed by atoms with Gasteiger partial charge in [-0.25, -0.2) is 9.97 Å². The van der Waals surface area contributed by atoms with Crippen molar-refractivity contribution >= 4 is 67.1 Å². The first-order valence-corrected chi connectivity index (χ1v) is 12.1. The molecule has 2 aromatic carbocycles. The van der Waals surface area contributed by atoms with E-state index in [0.29, 0.717) is 46.3 Å². The number of halogens is 1. The van der Waals surface area contributed by atoms with E-state index >= 15 is 0 Å². The summed E-state index contributed by atoms with van der Waals surface area (Å²) >= 11 is 7.57. The van der Waals surface area contributed by atoms with Crippen molar-refractivity contribution in [2.24, 2.45) is 7.05 Å². The Morgan fingerprint density at radius 2 is 2.03 bits per heavy atom. The van der Waals surface area contributed by atoms with E-state index in [1.165, 1.54) is 11.3 Å². The molecule has 1 aliphatic heterocycles. The third-order valence-corrected chi connectivity index (χ3v) is 7.23. The maximum absolute atomic E-state index is 12.7. The minimum absolute atomic E-state index is 0.0239. The van der Waals surface area contributed by atoms with Crippen LogP contribution in [0.15, 0.2) is 36.4 Å². The number of nitrogens with one attached hydrogen (secondary N) is 3. The van der Waals surface area contributed by atoms with Gasteiger partial charge in [0.05, 0.1) is 27.8 Å². The highest BCUT2D eigenvalue weighted by atomic mass is 35.5. The highest BCUT2D eigenvalue weighted by Gasteiger charge is 2.25. The number of hydrogen-bond donors (Lipinski definition) is 3. The molecule has 5 rings (SSSR count). The lowest BCUT2D eigenvalue weighted by atomic mass is 10.2. The number of nitrogens with zero attached hydrogens (tertiary/aromatic N) is 4. The number of carbonyl (C=O) groups excluding carboxylic acids is 2. The standard InChI is InChI=1S/C23H24ClN7O2S/c1-25-15-7-8-31(12-15)20(32)11-26-21(33)13-3-6-18-17(9-13)27-22(30(18)2)29-23-28-16-5-4-14(24)10-19(16)34-23/h3-6,9-10,15,25H,7-8,11-12H2,1-2H3,(H,26,33)(H,27,28,29)/t15-/m0/s1. The summed E-state index contributed by atoms with van der Waals surface area (Å²) < 4.78 is 2.89. The Morgan fingerprint density at radius 3 is 2.82 bits per heavy atom. The van der Waals surface area contributed by atoms with E-state index in [2.05, 4.69) is 25.9 Å². The van der Waals surface area contributed by atoms with Crippen molar-refractivity contribution in [3.05, 3.63) is 47.0 Å². The fourth-order valence-electron chi connectivity index (χ4n) is 4.09. The Hall–Kier alpha value is -3.21. The first-order valence-electron chi connectivity index (χ1n) is 10.9. The molecule has 1 aliphatic rings. The number of rotatable bonds is 6. The van der Waals surface area contributed by atoms with Crippen LogP contribution in [0, 0.1) is 0 Å². The van der Waals surface area contributed by atoms with Gasteiger partial charge < -0.3 is 25.4 Å². The Bertz CT molecular complexity index is 1400. The third kappa shape index (κ3) is 4.44. The van der Waals surface area contributed by atoms with Crippen molar-refractivity contribution in [1.29, 1.82) is 0 Å². The molecule has 1 saturated heterocycles. The molecule has 1 fully saturated rings. The predicted molar refractivity (Wildman–Crippen MR) is 135 cm³/mol. The topological polar surface area (TPSA) is 104 Å². The second-order valence-electron chi connectivity index (χ2n) is 8.25. The average Bonchev–Trinajstić information content (AvgIpc) is 3.54. The van der Waals surface area contributed by atoms with Gasteiger partial charge in [0.2, 0.25) is 11.9 Å². The number of fused-ring (bicyclic) bond motifs is 2. The maximum Gasteiger partial charge on any atom is 0.251 e. The van der Waals surface area contributed by atoms with E-state index < -0.39 is 0 Å². The van der Waals surface area contributed by atoms with Crippen LogP contribution in [0.2, 0.25) is 5.02 Å². The van der Waals surface area contributed by atoms with E-state index in [-0.39, 0.29) is 18.4 Å². The molecule has 2 aromatic heterocycles. The molecule has 0 saturated carbocycles. The van der Waals surface area contributed by atoms with E-state index in [4.69, 9.17) is 11.6 Å². The van der Waals surface area contributed by atoms with Gasteiger partial charge in [0, 0.05) is 36.8 Å². The summed E-state index contributed by atoms with van der Waals surface area (Å²) in [5, 5.41) is 10.5. The highest BCUT2D eigenvalue weighted by molar-refractivity contribution is 7.22. The average molecular weight is 498 g/mol. The zero-order chi connectivity index (χ0) is 23.8. The summed E-state index contributed by atoms with van der Waals surface area (Å²) in [6.45, 7) is 1.35. The normalized spacial score (nSPS) is 15.9. The third-order valence-electron chi connectivity index (χ3n) is 6.06. The van der Waals surface area contributed by atoms with E-state index in [1.807, 2.05) is 42.9 Å². The summed E-state index contributed by atoms with van der Waals surface area (Å²) in [5.74, 6) is 0.234. The molecule has 34 heavy (non-hydrogen) atoms. The van der Waals surface area contributed by atoms with Gasteiger partial charge in [0.25, 0.3) is 5.91 Å². The quantitative estimate of drug-likeness (QED) is 0.378. The summed E-state index contributed by atoms with van der Waals surface area (Å²) in [7, 11) is 3.79. The Morgan fingerprint density at radius 1 is 1.18 bits per heavy atom. The number of thiazole rings is 1. The van der Waals surface area contributed by atoms with Crippen LogP contribution in [0.5, 0.6) is 0 Å². The number of imidazole rings is 1. The van der Waals surface area contributed by atoms with Crippen LogP contribution >= 0.6 is 22.9 Å². The zero-order valence-corrected chi connectivity index (χ0v) is 20.3. The molecule has 0 spiro atoms. The van der Waals surface area contributed by atoms with Crippen LogP contribution in [0.4, 0.5) is 11.1 Å². The molecule has 3 N–H and O–H groups in total. The smallest absolute Gasteiger partial charge is 0.251 e. The molecule has 0 bridgehead atoms. The molecule has 1 atom stereocenters. The number of likely N-dealkylation sites (N-methyl/N-ethyl adjacent to an activating group) is 1. The van der Waals surface area contributed by atoms with Crippen molar-refractivity contribution in [2.45, 2.75) is 12.5 Å². The molecule has 0 radical (unpaired) electrons. The lowest BCUT2D eigenvalue weighted by Gasteiger charge is -2.16. The van der Waals surface area contributed by atoms with Crippen LogP contribution in [0.3, 0.4) is 0 Å². The molecular weight excluding hydrogens is 474 g/mol. The van der Waals surface area contributed by atoms with Crippen molar-refractivity contribution in [3.8, 4) is 0 Å². The first-order chi connectivity index (χ1) is 16.4. The van der Waals surface area contributed by atoms with E-state index in [1.54, 1.807) is 17.0 Å². The summed E-state index contributed by atoms with van der Waals surface area (Å²) in [4.78, 5) is 36.1. The Balaban J connectivity index is 1.28. The van der Waals surface area contributed by atoms with E-state index in [0.717, 1.165) is 22.2 Å². The molecular formula is C23H24ClN7O2S. The number of aryl methyl sites for hydroxylation is 1. The number of likely N-dealkylation sites (tertiary alicyclic amines) is 1. The minimum Gasteiger partial charge on any atom is -0.343 e. The molecule has 176 valence electrons. The Kier molecular flexibility index (Phi) is 6.11. The van der Waals surface area contributed by atoms with Crippen LogP contribution in [-0.4, -0.2) is 64.0 Å². The Labute approximate surface area is 205 Å². The number of aromatic nitrogens is 3. The maximum atomic E-state index is 12.7. The molecule has 3 heterocycles. The van der Waals surface area contributed by atoms with Crippen LogP contribution in [-0.2, 0) is 11.8 Å². The molecule has 11 heteroatoms. The van der Waals surface area contributed by atoms with Gasteiger partial charge in [-0.2, -0.15) is 0 Å². The van der Waals surface area contributed by atoms with Crippen molar-refractivity contribution < 1.29 is 9.59 Å². The number of hydrogen-bond acceptors (Lipinski definition) is 7. The molecule has 0 aliphatic carbocycles. The van der Waals surface area contributed by atoms with Gasteiger partial charge in [0.1, 0.15) is 0 Å². The summed E-state index contributed by atoms with van der Waals surface area (Å²) in [6, 6.07) is 11.2. The predicted octanol–water partition coefficient (Wildman–Crippen LogP) is 3.13. The van der Waals surface area contributed by atoms with Gasteiger partial charge >= 0.3 is 0 Å². The minimum atomic E-state index is -0.303. The van der Waals surface area contributed by atoms with E-state index in [9.17, 15) is 9.59 Å². The van der Waals surface area contributed by atoms with Crippen molar-refractivity contribution in [2.75, 3.05) is 32.0 Å². The summed E-state index contributed by atoms with van der Waals surface area (Å²) in [5.41, 5.74) is 2.85. The van der Waals surface area contributed by atoms with Crippen LogP contribution in [0.1, 0.15) is 16.8 Å². The SMILES string of the molecule is CN[C@H]1CCN(C(=O)CNC(=O)c2ccc3c(c2)nc(Nc2nc4ccc(Cl)cc4s2)n3C)C1. The number of anilines is 2. The van der Waals surface area contributed by atoms with Crippen LogP contribution in [0.25, 0.3) is 21.3 Å². The van der Waals surface area contributed by atoms with Crippen molar-refractivity contribution in [1.82, 2.24) is 30.1 Å². The summed E-state index contributed by atoms with van der Waals surface area (Å²) in [6.07, 6.45) is 0.924. The van der Waals surface area contributed by atoms with Gasteiger partial charge in [-0.1, -0.05) is 22.9 Å². The number of amides is 2.